The van der Waals surface area contributed by atoms with E-state index in [9.17, 15) is 27.6 Å². The number of likely N-dealkylation sites (tertiary alicyclic amines) is 1. The molecule has 10 heteroatoms. The average Bonchev–Trinajstić information content (AvgIpc) is 3.22. The number of amides is 2. The molecule has 1 aromatic carbocycles. The maximum atomic E-state index is 12.9. The molecule has 1 saturated heterocycles. The van der Waals surface area contributed by atoms with Crippen molar-refractivity contribution in [3.63, 3.8) is 0 Å². The number of halogens is 3. The van der Waals surface area contributed by atoms with Gasteiger partial charge in [-0.3, -0.25) is 9.59 Å². The molecule has 2 aliphatic rings. The molecule has 1 aliphatic carbocycles. The first-order valence-corrected chi connectivity index (χ1v) is 10.2. The highest BCUT2D eigenvalue weighted by atomic mass is 19.4. The van der Waals surface area contributed by atoms with Gasteiger partial charge in [-0.1, -0.05) is 19.4 Å². The summed E-state index contributed by atoms with van der Waals surface area (Å²) in [5.41, 5.74) is -1.68. The number of benzene rings is 1. The zero-order valence-corrected chi connectivity index (χ0v) is 17.4. The number of carbonyl (C=O) groups excluding carboxylic acids is 3. The Labute approximate surface area is 178 Å². The molecule has 0 spiro atoms. The van der Waals surface area contributed by atoms with E-state index in [2.05, 4.69) is 10.6 Å². The molecule has 0 aromatic heterocycles. The number of nitrogens with zero attached hydrogens (tertiary/aromatic N) is 1. The van der Waals surface area contributed by atoms with Crippen LogP contribution in [0.2, 0.25) is 0 Å². The zero-order chi connectivity index (χ0) is 22.8. The maximum Gasteiger partial charge on any atom is 0.416 e. The molecule has 1 aromatic rings. The van der Waals surface area contributed by atoms with Crippen LogP contribution in [0.25, 0.3) is 0 Å². The first-order valence-electron chi connectivity index (χ1n) is 10.2. The molecule has 2 amide bonds. The largest absolute Gasteiger partial charge is 0.467 e. The highest BCUT2D eigenvalue weighted by molar-refractivity contribution is 5.95. The summed E-state index contributed by atoms with van der Waals surface area (Å²) in [7, 11) is 1.27. The van der Waals surface area contributed by atoms with Crippen LogP contribution < -0.4 is 10.6 Å². The third-order valence-corrected chi connectivity index (χ3v) is 6.00. The van der Waals surface area contributed by atoms with Gasteiger partial charge < -0.3 is 20.3 Å². The summed E-state index contributed by atoms with van der Waals surface area (Å²) in [6.45, 7) is 2.04. The van der Waals surface area contributed by atoms with Crippen LogP contribution in [0, 0.1) is 5.92 Å². The van der Waals surface area contributed by atoms with Gasteiger partial charge >= 0.3 is 12.1 Å². The molecule has 3 atom stereocenters. The Kier molecular flexibility index (Phi) is 6.47. The van der Waals surface area contributed by atoms with Crippen LogP contribution in [0.4, 0.5) is 18.9 Å². The Hall–Kier alpha value is -2.78. The van der Waals surface area contributed by atoms with Crippen molar-refractivity contribution >= 4 is 23.5 Å². The van der Waals surface area contributed by atoms with Crippen LogP contribution in [0.1, 0.15) is 38.2 Å². The number of methoxy groups -OCH3 is 1. The monoisotopic (exact) mass is 441 g/mol. The Morgan fingerprint density at radius 2 is 2.03 bits per heavy atom. The normalized spacial score (nSPS) is 25.1. The van der Waals surface area contributed by atoms with E-state index in [0.717, 1.165) is 12.1 Å². The average molecular weight is 441 g/mol. The number of nitrogens with one attached hydrogen (secondary N) is 2. The van der Waals surface area contributed by atoms with Gasteiger partial charge in [0.1, 0.15) is 11.6 Å². The molecular weight excluding hydrogens is 415 g/mol. The van der Waals surface area contributed by atoms with Gasteiger partial charge in [-0.05, 0) is 43.4 Å². The van der Waals surface area contributed by atoms with E-state index in [-0.39, 0.29) is 18.2 Å². The topological polar surface area (TPSA) is 87.7 Å². The minimum absolute atomic E-state index is 0.00275. The highest BCUT2D eigenvalue weighted by Crippen LogP contribution is 2.47. The molecule has 3 rings (SSSR count). The predicted octanol–water partition coefficient (Wildman–Crippen LogP) is 2.57. The Morgan fingerprint density at radius 1 is 1.29 bits per heavy atom. The van der Waals surface area contributed by atoms with E-state index in [1.165, 1.54) is 24.1 Å². The summed E-state index contributed by atoms with van der Waals surface area (Å²) < 4.78 is 43.4. The number of rotatable bonds is 7. The minimum atomic E-state index is -4.48. The lowest BCUT2D eigenvalue weighted by molar-refractivity contribution is -0.148. The second kappa shape index (κ2) is 8.76. The number of anilines is 1. The summed E-state index contributed by atoms with van der Waals surface area (Å²) in [5.74, 6) is -1.30. The van der Waals surface area contributed by atoms with Gasteiger partial charge in [0.2, 0.25) is 11.8 Å². The van der Waals surface area contributed by atoms with Crippen LogP contribution in [0.5, 0.6) is 0 Å². The molecule has 7 nitrogen and oxygen atoms in total. The summed E-state index contributed by atoms with van der Waals surface area (Å²) in [6, 6.07) is 3.85. The van der Waals surface area contributed by atoms with Gasteiger partial charge in [-0.15, -0.1) is 0 Å². The van der Waals surface area contributed by atoms with Gasteiger partial charge in [0, 0.05) is 12.2 Å². The van der Waals surface area contributed by atoms with Crippen molar-refractivity contribution in [2.45, 2.75) is 50.4 Å². The lowest BCUT2D eigenvalue weighted by Gasteiger charge is -2.26. The Bertz CT molecular complexity index is 861. The van der Waals surface area contributed by atoms with Gasteiger partial charge in [-0.2, -0.15) is 13.2 Å². The van der Waals surface area contributed by atoms with E-state index in [4.69, 9.17) is 4.74 Å². The minimum Gasteiger partial charge on any atom is -0.467 e. The van der Waals surface area contributed by atoms with E-state index in [1.54, 1.807) is 0 Å². The third kappa shape index (κ3) is 4.77. The fourth-order valence-electron chi connectivity index (χ4n) is 4.18. The van der Waals surface area contributed by atoms with Gasteiger partial charge in [0.15, 0.2) is 0 Å². The van der Waals surface area contributed by atoms with Crippen LogP contribution in [-0.4, -0.2) is 54.5 Å². The van der Waals surface area contributed by atoms with E-state index < -0.39 is 41.1 Å². The van der Waals surface area contributed by atoms with E-state index in [0.29, 0.717) is 32.2 Å². The van der Waals surface area contributed by atoms with Crippen molar-refractivity contribution in [2.75, 3.05) is 25.5 Å². The first-order chi connectivity index (χ1) is 14.6. The number of carbonyl (C=O) groups is 3. The van der Waals surface area contributed by atoms with Gasteiger partial charge in [0.05, 0.1) is 19.2 Å². The molecule has 1 heterocycles. The van der Waals surface area contributed by atoms with Crippen molar-refractivity contribution in [1.29, 1.82) is 0 Å². The summed E-state index contributed by atoms with van der Waals surface area (Å²) in [6.07, 6.45) is -2.19. The van der Waals surface area contributed by atoms with Crippen LogP contribution >= 0.6 is 0 Å². The SMILES string of the molecule is CCC1CC1(NC(=O)C1CCCN1C(=O)CNc1cccc(C(F)(F)F)c1)C(=O)OC. The van der Waals surface area contributed by atoms with Crippen molar-refractivity contribution in [2.24, 2.45) is 5.92 Å². The smallest absolute Gasteiger partial charge is 0.416 e. The molecule has 0 bridgehead atoms. The molecule has 170 valence electrons. The molecule has 1 saturated carbocycles. The van der Waals surface area contributed by atoms with Crippen molar-refractivity contribution < 1.29 is 32.3 Å². The van der Waals surface area contributed by atoms with Crippen molar-refractivity contribution in [3.8, 4) is 0 Å². The number of hydrogen-bond acceptors (Lipinski definition) is 5. The molecule has 2 fully saturated rings. The second-order valence-electron chi connectivity index (χ2n) is 7.94. The first kappa shape index (κ1) is 22.9. The van der Waals surface area contributed by atoms with Crippen LogP contribution in [-0.2, 0) is 25.3 Å². The predicted molar refractivity (Wildman–Crippen MR) is 106 cm³/mol. The van der Waals surface area contributed by atoms with E-state index >= 15 is 0 Å². The molecule has 2 N–H and O–H groups in total. The summed E-state index contributed by atoms with van der Waals surface area (Å²) in [5, 5.41) is 5.49. The van der Waals surface area contributed by atoms with Crippen LogP contribution in [0.3, 0.4) is 0 Å². The lowest BCUT2D eigenvalue weighted by Crippen LogP contribution is -2.54. The van der Waals surface area contributed by atoms with Crippen molar-refractivity contribution in [1.82, 2.24) is 10.2 Å². The molecule has 31 heavy (non-hydrogen) atoms. The standard InChI is InChI=1S/C21H26F3N3O4/c1-3-13-11-20(13,19(30)31-2)26-18(29)16-8-5-9-27(16)17(28)12-25-15-7-4-6-14(10-15)21(22,23)24/h4,6-7,10,13,16,25H,3,5,8-9,11-12H2,1-2H3,(H,26,29). The number of esters is 1. The molecule has 0 radical (unpaired) electrons. The molecular formula is C21H26F3N3O4. The van der Waals surface area contributed by atoms with Crippen molar-refractivity contribution in [3.05, 3.63) is 29.8 Å². The summed E-state index contributed by atoms with van der Waals surface area (Å²) >= 11 is 0. The third-order valence-electron chi connectivity index (χ3n) is 6.00. The molecule has 3 unspecified atom stereocenters. The van der Waals surface area contributed by atoms with Gasteiger partial charge in [0.25, 0.3) is 0 Å². The second-order valence-corrected chi connectivity index (χ2v) is 7.94. The fraction of sp³-hybridized carbons (Fsp3) is 0.571. The lowest BCUT2D eigenvalue weighted by atomic mass is 10.1. The zero-order valence-electron chi connectivity index (χ0n) is 17.4. The van der Waals surface area contributed by atoms with Crippen LogP contribution in [0.15, 0.2) is 24.3 Å². The maximum absolute atomic E-state index is 12.9. The Balaban J connectivity index is 1.62. The molecule has 1 aliphatic heterocycles. The Morgan fingerprint density at radius 3 is 2.65 bits per heavy atom. The highest BCUT2D eigenvalue weighted by Gasteiger charge is 2.61. The fourth-order valence-corrected chi connectivity index (χ4v) is 4.18. The summed E-state index contributed by atoms with van der Waals surface area (Å²) in [4.78, 5) is 39.1. The van der Waals surface area contributed by atoms with Gasteiger partial charge in [-0.25, -0.2) is 4.79 Å². The van der Waals surface area contributed by atoms with E-state index in [1.807, 2.05) is 6.92 Å². The quantitative estimate of drug-likeness (QED) is 0.635. The number of alkyl halides is 3. The number of hydrogen-bond donors (Lipinski definition) is 2. The number of ether oxygens (including phenoxy) is 1.